The first kappa shape index (κ1) is 15.4. The van der Waals surface area contributed by atoms with Gasteiger partial charge in [-0.05, 0) is 36.5 Å². The van der Waals surface area contributed by atoms with Crippen molar-refractivity contribution in [2.75, 3.05) is 11.9 Å². The molecular formula is C17H18ClN5O. The number of aliphatic hydroxyl groups is 1. The molecule has 0 saturated heterocycles. The molecule has 6 nitrogen and oxygen atoms in total. The summed E-state index contributed by atoms with van der Waals surface area (Å²) in [5.74, 6) is 1.37. The Hall–Kier alpha value is -2.18. The maximum atomic E-state index is 9.13. The van der Waals surface area contributed by atoms with Crippen LogP contribution in [-0.4, -0.2) is 31.5 Å². The van der Waals surface area contributed by atoms with Crippen LogP contribution in [0.2, 0.25) is 5.02 Å². The van der Waals surface area contributed by atoms with Gasteiger partial charge in [0, 0.05) is 5.02 Å². The Labute approximate surface area is 144 Å². The molecule has 1 saturated carbocycles. The summed E-state index contributed by atoms with van der Waals surface area (Å²) >= 11 is 6.01. The van der Waals surface area contributed by atoms with Crippen LogP contribution in [0.1, 0.15) is 24.4 Å². The van der Waals surface area contributed by atoms with Crippen molar-refractivity contribution in [3.8, 4) is 0 Å². The van der Waals surface area contributed by atoms with Gasteiger partial charge in [0.2, 0.25) is 0 Å². The largest absolute Gasteiger partial charge is 0.394 e. The third kappa shape index (κ3) is 2.95. The smallest absolute Gasteiger partial charge is 0.163 e. The highest BCUT2D eigenvalue weighted by molar-refractivity contribution is 6.30. The van der Waals surface area contributed by atoms with Gasteiger partial charge in [-0.15, -0.1) is 0 Å². The Morgan fingerprint density at radius 3 is 2.75 bits per heavy atom. The molecule has 1 atom stereocenters. The summed E-state index contributed by atoms with van der Waals surface area (Å²) < 4.78 is 1.69. The minimum absolute atomic E-state index is 0.0268. The number of benzene rings is 1. The molecule has 2 heterocycles. The zero-order valence-electron chi connectivity index (χ0n) is 13.1. The second kappa shape index (κ2) is 6.37. The van der Waals surface area contributed by atoms with Crippen molar-refractivity contribution >= 4 is 28.5 Å². The van der Waals surface area contributed by atoms with Gasteiger partial charge in [-0.3, -0.25) is 0 Å². The SMILES string of the molecule is OCCn1ncc2c(N[C@@H](c3ccc(Cl)cc3)C3CC3)ncnc21. The van der Waals surface area contributed by atoms with Crippen LogP contribution in [0.4, 0.5) is 5.82 Å². The fourth-order valence-corrected chi connectivity index (χ4v) is 3.11. The maximum Gasteiger partial charge on any atom is 0.163 e. The van der Waals surface area contributed by atoms with E-state index in [0.29, 0.717) is 12.5 Å². The molecule has 4 rings (SSSR count). The zero-order valence-corrected chi connectivity index (χ0v) is 13.8. The number of aromatic nitrogens is 4. The molecule has 2 aromatic heterocycles. The lowest BCUT2D eigenvalue weighted by Gasteiger charge is -2.20. The molecule has 0 amide bonds. The third-order valence-corrected chi connectivity index (χ3v) is 4.61. The normalized spacial score (nSPS) is 15.6. The van der Waals surface area contributed by atoms with E-state index in [1.54, 1.807) is 10.9 Å². The van der Waals surface area contributed by atoms with Crippen molar-refractivity contribution in [3.63, 3.8) is 0 Å². The number of nitrogens with zero attached hydrogens (tertiary/aromatic N) is 4. The second-order valence-electron chi connectivity index (χ2n) is 6.06. The van der Waals surface area contributed by atoms with Crippen LogP contribution >= 0.6 is 11.6 Å². The first-order chi connectivity index (χ1) is 11.8. The summed E-state index contributed by atoms with van der Waals surface area (Å²) in [5, 5.41) is 18.6. The number of hydrogen-bond donors (Lipinski definition) is 2. The molecule has 0 bridgehead atoms. The van der Waals surface area contributed by atoms with E-state index in [1.165, 1.54) is 24.7 Å². The lowest BCUT2D eigenvalue weighted by atomic mass is 10.0. The summed E-state index contributed by atoms with van der Waals surface area (Å²) in [6, 6.07) is 8.16. The summed E-state index contributed by atoms with van der Waals surface area (Å²) in [7, 11) is 0. The molecule has 24 heavy (non-hydrogen) atoms. The first-order valence-electron chi connectivity index (χ1n) is 8.05. The standard InChI is InChI=1S/C17H18ClN5O/c18-13-5-3-12(4-6-13)15(11-1-2-11)22-16-14-9-21-23(7-8-24)17(14)20-10-19-16/h3-6,9-11,15,24H,1-2,7-8H2,(H,19,20,22)/t15-/m1/s1. The molecule has 2 N–H and O–H groups in total. The Bertz CT molecular complexity index is 844. The summed E-state index contributed by atoms with van der Waals surface area (Å²) in [5.41, 5.74) is 1.93. The minimum Gasteiger partial charge on any atom is -0.394 e. The van der Waals surface area contributed by atoms with Crippen LogP contribution in [0.15, 0.2) is 36.8 Å². The fraction of sp³-hybridized carbons (Fsp3) is 0.353. The van der Waals surface area contributed by atoms with Crippen LogP contribution in [0.3, 0.4) is 0 Å². The van der Waals surface area contributed by atoms with Gasteiger partial charge in [0.1, 0.15) is 12.1 Å². The van der Waals surface area contributed by atoms with Crippen LogP contribution in [0, 0.1) is 5.92 Å². The second-order valence-corrected chi connectivity index (χ2v) is 6.50. The van der Waals surface area contributed by atoms with Crippen LogP contribution < -0.4 is 5.32 Å². The van der Waals surface area contributed by atoms with Crippen molar-refractivity contribution in [1.82, 2.24) is 19.7 Å². The van der Waals surface area contributed by atoms with Crippen LogP contribution in [0.5, 0.6) is 0 Å². The number of halogens is 1. The van der Waals surface area contributed by atoms with E-state index < -0.39 is 0 Å². The molecule has 0 unspecified atom stereocenters. The molecule has 1 fully saturated rings. The predicted octanol–water partition coefficient (Wildman–Crippen LogP) is 3.04. The Kier molecular flexibility index (Phi) is 4.08. The van der Waals surface area contributed by atoms with E-state index in [9.17, 15) is 0 Å². The van der Waals surface area contributed by atoms with Gasteiger partial charge in [0.25, 0.3) is 0 Å². The van der Waals surface area contributed by atoms with Gasteiger partial charge in [-0.2, -0.15) is 5.10 Å². The summed E-state index contributed by atoms with van der Waals surface area (Å²) in [4.78, 5) is 8.70. The number of hydrogen-bond acceptors (Lipinski definition) is 5. The Balaban J connectivity index is 1.67. The summed E-state index contributed by atoms with van der Waals surface area (Å²) in [6.07, 6.45) is 5.70. The van der Waals surface area contributed by atoms with Gasteiger partial charge in [-0.25, -0.2) is 14.6 Å². The molecule has 1 aromatic carbocycles. The molecular weight excluding hydrogens is 326 g/mol. The van der Waals surface area contributed by atoms with E-state index in [4.69, 9.17) is 16.7 Å². The predicted molar refractivity (Wildman–Crippen MR) is 92.9 cm³/mol. The minimum atomic E-state index is 0.0268. The van der Waals surface area contributed by atoms with Gasteiger partial charge in [0.05, 0.1) is 30.8 Å². The molecule has 1 aliphatic carbocycles. The third-order valence-electron chi connectivity index (χ3n) is 4.36. The molecule has 124 valence electrons. The molecule has 0 spiro atoms. The lowest BCUT2D eigenvalue weighted by Crippen LogP contribution is -2.14. The topological polar surface area (TPSA) is 75.9 Å². The monoisotopic (exact) mass is 343 g/mol. The highest BCUT2D eigenvalue weighted by Gasteiger charge is 2.33. The quantitative estimate of drug-likeness (QED) is 0.719. The molecule has 7 heteroatoms. The van der Waals surface area contributed by atoms with E-state index in [2.05, 4.69) is 32.5 Å². The van der Waals surface area contributed by atoms with Crippen molar-refractivity contribution in [2.45, 2.75) is 25.4 Å². The van der Waals surface area contributed by atoms with E-state index in [0.717, 1.165) is 21.9 Å². The molecule has 0 radical (unpaired) electrons. The Morgan fingerprint density at radius 1 is 1.25 bits per heavy atom. The van der Waals surface area contributed by atoms with Crippen molar-refractivity contribution < 1.29 is 5.11 Å². The number of nitrogens with one attached hydrogen (secondary N) is 1. The van der Waals surface area contributed by atoms with E-state index in [1.807, 2.05) is 12.1 Å². The van der Waals surface area contributed by atoms with Crippen LogP contribution in [0.25, 0.3) is 11.0 Å². The lowest BCUT2D eigenvalue weighted by molar-refractivity contribution is 0.271. The highest BCUT2D eigenvalue weighted by atomic mass is 35.5. The van der Waals surface area contributed by atoms with Crippen molar-refractivity contribution in [2.24, 2.45) is 5.92 Å². The number of anilines is 1. The van der Waals surface area contributed by atoms with Gasteiger partial charge >= 0.3 is 0 Å². The fourth-order valence-electron chi connectivity index (χ4n) is 2.99. The van der Waals surface area contributed by atoms with Gasteiger partial charge in [-0.1, -0.05) is 23.7 Å². The van der Waals surface area contributed by atoms with Crippen LogP contribution in [-0.2, 0) is 6.54 Å². The van der Waals surface area contributed by atoms with Gasteiger partial charge in [0.15, 0.2) is 5.65 Å². The Morgan fingerprint density at radius 2 is 2.04 bits per heavy atom. The number of fused-ring (bicyclic) bond motifs is 1. The van der Waals surface area contributed by atoms with Crippen molar-refractivity contribution in [3.05, 3.63) is 47.4 Å². The van der Waals surface area contributed by atoms with E-state index in [-0.39, 0.29) is 12.6 Å². The summed E-state index contributed by atoms with van der Waals surface area (Å²) in [6.45, 7) is 0.447. The first-order valence-corrected chi connectivity index (χ1v) is 8.43. The average molecular weight is 344 g/mol. The molecule has 1 aliphatic rings. The average Bonchev–Trinajstić information content (AvgIpc) is 3.36. The molecule has 0 aliphatic heterocycles. The van der Waals surface area contributed by atoms with E-state index >= 15 is 0 Å². The molecule has 3 aromatic rings. The number of rotatable bonds is 6. The maximum absolute atomic E-state index is 9.13. The number of aliphatic hydroxyl groups excluding tert-OH is 1. The van der Waals surface area contributed by atoms with Gasteiger partial charge < -0.3 is 10.4 Å². The zero-order chi connectivity index (χ0) is 16.5. The van der Waals surface area contributed by atoms with Crippen molar-refractivity contribution in [1.29, 1.82) is 0 Å². The highest BCUT2D eigenvalue weighted by Crippen LogP contribution is 2.43.